The van der Waals surface area contributed by atoms with E-state index in [0.29, 0.717) is 6.04 Å². The van der Waals surface area contributed by atoms with Gasteiger partial charge >= 0.3 is 0 Å². The molecule has 0 spiro atoms. The molecule has 1 aliphatic heterocycles. The minimum Gasteiger partial charge on any atom is -0.379 e. The summed E-state index contributed by atoms with van der Waals surface area (Å²) >= 11 is 6.05. The topological polar surface area (TPSA) is 48.9 Å². The van der Waals surface area contributed by atoms with E-state index in [-0.39, 0.29) is 30.0 Å². The van der Waals surface area contributed by atoms with Crippen LogP contribution < -0.4 is 10.6 Å². The molecule has 1 saturated carbocycles. The molecule has 1 unspecified atom stereocenters. The lowest BCUT2D eigenvalue weighted by Crippen LogP contribution is -2.42. The summed E-state index contributed by atoms with van der Waals surface area (Å²) in [5.41, 5.74) is 1.26. The van der Waals surface area contributed by atoms with E-state index in [1.54, 1.807) is 0 Å². The van der Waals surface area contributed by atoms with Crippen LogP contribution >= 0.6 is 35.6 Å². The van der Waals surface area contributed by atoms with Crippen LogP contribution in [0.2, 0.25) is 5.02 Å². The van der Waals surface area contributed by atoms with E-state index in [1.807, 2.05) is 12.1 Å². The highest BCUT2D eigenvalue weighted by atomic mass is 127. The molecule has 3 rings (SSSR count). The third-order valence-electron chi connectivity index (χ3n) is 4.43. The van der Waals surface area contributed by atoms with Gasteiger partial charge in [0, 0.05) is 30.7 Å². The number of halogens is 2. The maximum absolute atomic E-state index is 6.05. The molecular formula is C18H28ClIN4O. The SMILES string of the molecule is CCNC(=NCC(c1ccc(Cl)cc1)N1CCOCC1)NC1CC1.I. The van der Waals surface area contributed by atoms with Crippen molar-refractivity contribution in [3.05, 3.63) is 34.9 Å². The molecule has 5 nitrogen and oxygen atoms in total. The Morgan fingerprint density at radius 1 is 1.28 bits per heavy atom. The standard InChI is InChI=1S/C18H27ClN4O.HI/c1-2-20-18(22-16-7-8-16)21-13-17(23-9-11-24-12-10-23)14-3-5-15(19)6-4-14;/h3-6,16-17H,2,7-13H2,1H3,(H2,20,21,22);1H. The van der Waals surface area contributed by atoms with Crippen LogP contribution in [0.4, 0.5) is 0 Å². The van der Waals surface area contributed by atoms with Gasteiger partial charge in [0.2, 0.25) is 0 Å². The molecule has 1 saturated heterocycles. The Morgan fingerprint density at radius 3 is 2.56 bits per heavy atom. The van der Waals surface area contributed by atoms with E-state index in [4.69, 9.17) is 21.3 Å². The van der Waals surface area contributed by atoms with Gasteiger partial charge in [-0.3, -0.25) is 9.89 Å². The fraction of sp³-hybridized carbons (Fsp3) is 0.611. The number of nitrogens with zero attached hydrogens (tertiary/aromatic N) is 2. The molecule has 1 aliphatic carbocycles. The zero-order valence-electron chi connectivity index (χ0n) is 14.7. The summed E-state index contributed by atoms with van der Waals surface area (Å²) in [6.45, 7) is 7.15. The molecule has 25 heavy (non-hydrogen) atoms. The Balaban J connectivity index is 0.00000225. The highest BCUT2D eigenvalue weighted by Gasteiger charge is 2.24. The molecule has 0 radical (unpaired) electrons. The maximum atomic E-state index is 6.05. The van der Waals surface area contributed by atoms with Gasteiger partial charge in [0.25, 0.3) is 0 Å². The maximum Gasteiger partial charge on any atom is 0.191 e. The number of benzene rings is 1. The van der Waals surface area contributed by atoms with Crippen molar-refractivity contribution in [2.45, 2.75) is 31.8 Å². The van der Waals surface area contributed by atoms with Gasteiger partial charge < -0.3 is 15.4 Å². The van der Waals surface area contributed by atoms with Crippen LogP contribution in [0, 0.1) is 0 Å². The molecule has 2 aliphatic rings. The third kappa shape index (κ3) is 6.58. The van der Waals surface area contributed by atoms with Crippen molar-refractivity contribution in [3.63, 3.8) is 0 Å². The van der Waals surface area contributed by atoms with E-state index >= 15 is 0 Å². The molecule has 140 valence electrons. The number of hydrogen-bond acceptors (Lipinski definition) is 3. The van der Waals surface area contributed by atoms with Gasteiger partial charge in [-0.2, -0.15) is 0 Å². The normalized spacial score (nSPS) is 19.8. The lowest BCUT2D eigenvalue weighted by atomic mass is 10.0. The second-order valence-electron chi connectivity index (χ2n) is 6.35. The van der Waals surface area contributed by atoms with Crippen molar-refractivity contribution >= 4 is 41.5 Å². The van der Waals surface area contributed by atoms with Crippen LogP contribution in [0.5, 0.6) is 0 Å². The van der Waals surface area contributed by atoms with Gasteiger partial charge in [0.15, 0.2) is 5.96 Å². The molecule has 1 heterocycles. The second-order valence-corrected chi connectivity index (χ2v) is 6.79. The first-order valence-electron chi connectivity index (χ1n) is 8.88. The highest BCUT2D eigenvalue weighted by Crippen LogP contribution is 2.24. The highest BCUT2D eigenvalue weighted by molar-refractivity contribution is 14.0. The lowest BCUT2D eigenvalue weighted by molar-refractivity contribution is 0.0179. The van der Waals surface area contributed by atoms with Gasteiger partial charge in [0.05, 0.1) is 25.8 Å². The molecule has 1 aromatic carbocycles. The summed E-state index contributed by atoms with van der Waals surface area (Å²) in [5.74, 6) is 0.923. The molecule has 2 N–H and O–H groups in total. The molecule has 0 aromatic heterocycles. The number of morpholine rings is 1. The number of aliphatic imine (C=N–C) groups is 1. The zero-order chi connectivity index (χ0) is 16.8. The van der Waals surface area contributed by atoms with Crippen LogP contribution in [0.15, 0.2) is 29.3 Å². The molecule has 2 fully saturated rings. The molecule has 0 amide bonds. The summed E-state index contributed by atoms with van der Waals surface area (Å²) in [7, 11) is 0. The first kappa shape index (κ1) is 20.7. The van der Waals surface area contributed by atoms with Crippen molar-refractivity contribution in [2.75, 3.05) is 39.4 Å². The number of ether oxygens (including phenoxy) is 1. The number of rotatable bonds is 6. The lowest BCUT2D eigenvalue weighted by Gasteiger charge is -2.34. The smallest absolute Gasteiger partial charge is 0.191 e. The zero-order valence-corrected chi connectivity index (χ0v) is 17.8. The van der Waals surface area contributed by atoms with Crippen molar-refractivity contribution in [1.29, 1.82) is 0 Å². The summed E-state index contributed by atoms with van der Waals surface area (Å²) in [5, 5.41) is 7.60. The Bertz CT molecular complexity index is 545. The van der Waals surface area contributed by atoms with Gasteiger partial charge in [-0.15, -0.1) is 24.0 Å². The average molecular weight is 479 g/mol. The van der Waals surface area contributed by atoms with Gasteiger partial charge in [0.1, 0.15) is 0 Å². The van der Waals surface area contributed by atoms with Gasteiger partial charge in [-0.05, 0) is 37.5 Å². The minimum absolute atomic E-state index is 0. The molecule has 1 atom stereocenters. The molecule has 7 heteroatoms. The van der Waals surface area contributed by atoms with Crippen molar-refractivity contribution < 1.29 is 4.74 Å². The third-order valence-corrected chi connectivity index (χ3v) is 4.68. The fourth-order valence-corrected chi connectivity index (χ4v) is 3.05. The first-order valence-corrected chi connectivity index (χ1v) is 9.26. The summed E-state index contributed by atoms with van der Waals surface area (Å²) in [6, 6.07) is 8.99. The van der Waals surface area contributed by atoms with Crippen LogP contribution in [-0.4, -0.2) is 56.3 Å². The van der Waals surface area contributed by atoms with E-state index < -0.39 is 0 Å². The molecule has 0 bridgehead atoms. The van der Waals surface area contributed by atoms with E-state index in [9.17, 15) is 0 Å². The minimum atomic E-state index is 0. The second kappa shape index (κ2) is 10.5. The molecule has 1 aromatic rings. The average Bonchev–Trinajstić information content (AvgIpc) is 3.42. The number of guanidine groups is 1. The predicted molar refractivity (Wildman–Crippen MR) is 114 cm³/mol. The van der Waals surface area contributed by atoms with Gasteiger partial charge in [-0.1, -0.05) is 23.7 Å². The van der Waals surface area contributed by atoms with Crippen LogP contribution in [0.3, 0.4) is 0 Å². The summed E-state index contributed by atoms with van der Waals surface area (Å²) < 4.78 is 5.51. The van der Waals surface area contributed by atoms with E-state index in [0.717, 1.165) is 50.4 Å². The largest absolute Gasteiger partial charge is 0.379 e. The Labute approximate surface area is 172 Å². The number of nitrogens with one attached hydrogen (secondary N) is 2. The quantitative estimate of drug-likeness (QED) is 0.375. The van der Waals surface area contributed by atoms with E-state index in [2.05, 4.69) is 34.6 Å². The predicted octanol–water partition coefficient (Wildman–Crippen LogP) is 3.05. The van der Waals surface area contributed by atoms with Crippen LogP contribution in [0.1, 0.15) is 31.4 Å². The monoisotopic (exact) mass is 478 g/mol. The van der Waals surface area contributed by atoms with Crippen LogP contribution in [0.25, 0.3) is 0 Å². The first-order chi connectivity index (χ1) is 11.8. The Hall–Kier alpha value is -0.570. The Morgan fingerprint density at radius 2 is 1.96 bits per heavy atom. The van der Waals surface area contributed by atoms with Crippen molar-refractivity contribution in [2.24, 2.45) is 4.99 Å². The fourth-order valence-electron chi connectivity index (χ4n) is 2.92. The van der Waals surface area contributed by atoms with Crippen LogP contribution in [-0.2, 0) is 4.74 Å². The summed E-state index contributed by atoms with van der Waals surface area (Å²) in [6.07, 6.45) is 2.49. The van der Waals surface area contributed by atoms with Crippen molar-refractivity contribution in [3.8, 4) is 0 Å². The number of hydrogen-bond donors (Lipinski definition) is 2. The van der Waals surface area contributed by atoms with Crippen molar-refractivity contribution in [1.82, 2.24) is 15.5 Å². The Kier molecular flexibility index (Phi) is 8.75. The van der Waals surface area contributed by atoms with E-state index in [1.165, 1.54) is 18.4 Å². The summed E-state index contributed by atoms with van der Waals surface area (Å²) in [4.78, 5) is 7.30. The van der Waals surface area contributed by atoms with Gasteiger partial charge in [-0.25, -0.2) is 0 Å². The molecular weight excluding hydrogens is 451 g/mol.